The SMILES string of the molecule is CCOc1ccc(/C=C2\CCn3c2nc(=O)c2ccccc23)cc1. The summed E-state index contributed by atoms with van der Waals surface area (Å²) in [5.74, 6) is 1.65. The maximum absolute atomic E-state index is 12.3. The number of rotatable bonds is 3. The molecule has 0 radical (unpaired) electrons. The highest BCUT2D eigenvalue weighted by molar-refractivity contribution is 5.85. The summed E-state index contributed by atoms with van der Waals surface area (Å²) in [5.41, 5.74) is 2.99. The molecule has 120 valence electrons. The van der Waals surface area contributed by atoms with Crippen LogP contribution in [0.15, 0.2) is 53.3 Å². The number of nitrogens with zero attached hydrogens (tertiary/aromatic N) is 2. The molecule has 0 fully saturated rings. The molecule has 4 rings (SSSR count). The number of ether oxygens (including phenoxy) is 1. The average Bonchev–Trinajstić information content (AvgIpc) is 3.00. The summed E-state index contributed by atoms with van der Waals surface area (Å²) < 4.78 is 7.61. The zero-order valence-corrected chi connectivity index (χ0v) is 13.5. The predicted molar refractivity (Wildman–Crippen MR) is 96.1 cm³/mol. The van der Waals surface area contributed by atoms with E-state index in [-0.39, 0.29) is 5.56 Å². The van der Waals surface area contributed by atoms with Gasteiger partial charge in [-0.1, -0.05) is 24.3 Å². The molecule has 3 aromatic rings. The van der Waals surface area contributed by atoms with Crippen LogP contribution in [-0.4, -0.2) is 16.2 Å². The molecule has 0 atom stereocenters. The smallest absolute Gasteiger partial charge is 0.281 e. The van der Waals surface area contributed by atoms with E-state index in [2.05, 4.69) is 15.6 Å². The Morgan fingerprint density at radius 3 is 2.75 bits per heavy atom. The second-order valence-corrected chi connectivity index (χ2v) is 5.83. The Balaban J connectivity index is 1.77. The van der Waals surface area contributed by atoms with E-state index in [9.17, 15) is 4.79 Å². The minimum atomic E-state index is -0.156. The van der Waals surface area contributed by atoms with Crippen molar-refractivity contribution in [3.63, 3.8) is 0 Å². The Morgan fingerprint density at radius 2 is 1.96 bits per heavy atom. The van der Waals surface area contributed by atoms with Crippen LogP contribution in [0.1, 0.15) is 24.7 Å². The fraction of sp³-hybridized carbons (Fsp3) is 0.200. The third-order valence-electron chi connectivity index (χ3n) is 4.31. The second-order valence-electron chi connectivity index (χ2n) is 5.83. The van der Waals surface area contributed by atoms with E-state index in [1.807, 2.05) is 55.5 Å². The van der Waals surface area contributed by atoms with E-state index in [4.69, 9.17) is 4.74 Å². The number of fused-ring (bicyclic) bond motifs is 3. The van der Waals surface area contributed by atoms with Crippen molar-refractivity contribution in [1.29, 1.82) is 0 Å². The third-order valence-corrected chi connectivity index (χ3v) is 4.31. The Bertz CT molecular complexity index is 985. The van der Waals surface area contributed by atoms with Crippen LogP contribution in [0.5, 0.6) is 5.75 Å². The summed E-state index contributed by atoms with van der Waals surface area (Å²) in [5, 5.41) is 0.684. The molecule has 24 heavy (non-hydrogen) atoms. The van der Waals surface area contributed by atoms with Gasteiger partial charge < -0.3 is 9.30 Å². The first kappa shape index (κ1) is 14.7. The van der Waals surface area contributed by atoms with Crippen LogP contribution in [0.25, 0.3) is 22.6 Å². The summed E-state index contributed by atoms with van der Waals surface area (Å²) in [6, 6.07) is 15.7. The van der Waals surface area contributed by atoms with Gasteiger partial charge in [-0.3, -0.25) is 4.79 Å². The largest absolute Gasteiger partial charge is 0.494 e. The molecular formula is C20H18N2O2. The van der Waals surface area contributed by atoms with Gasteiger partial charge in [-0.25, -0.2) is 0 Å². The topological polar surface area (TPSA) is 44.1 Å². The van der Waals surface area contributed by atoms with E-state index < -0.39 is 0 Å². The van der Waals surface area contributed by atoms with E-state index in [1.54, 1.807) is 0 Å². The van der Waals surface area contributed by atoms with Crippen LogP contribution in [0, 0.1) is 0 Å². The Morgan fingerprint density at radius 1 is 1.17 bits per heavy atom. The molecule has 0 bridgehead atoms. The van der Waals surface area contributed by atoms with Crippen molar-refractivity contribution in [3.8, 4) is 5.75 Å². The van der Waals surface area contributed by atoms with E-state index in [1.165, 1.54) is 0 Å². The zero-order valence-electron chi connectivity index (χ0n) is 13.5. The lowest BCUT2D eigenvalue weighted by molar-refractivity contribution is 0.340. The van der Waals surface area contributed by atoms with Crippen molar-refractivity contribution in [2.24, 2.45) is 0 Å². The minimum Gasteiger partial charge on any atom is -0.494 e. The van der Waals surface area contributed by atoms with Crippen molar-refractivity contribution in [2.45, 2.75) is 19.9 Å². The highest BCUT2D eigenvalue weighted by atomic mass is 16.5. The number of aromatic nitrogens is 2. The van der Waals surface area contributed by atoms with Gasteiger partial charge in [-0.05, 0) is 54.8 Å². The minimum absolute atomic E-state index is 0.156. The van der Waals surface area contributed by atoms with Gasteiger partial charge in [-0.15, -0.1) is 0 Å². The van der Waals surface area contributed by atoms with E-state index in [0.29, 0.717) is 12.0 Å². The molecule has 2 heterocycles. The standard InChI is InChI=1S/C20H18N2O2/c1-2-24-16-9-7-14(8-10-16)13-15-11-12-22-18-6-4-3-5-17(18)20(23)21-19(15)22/h3-10,13H,2,11-12H2,1H3/b15-13+. The molecule has 4 nitrogen and oxygen atoms in total. The summed E-state index contributed by atoms with van der Waals surface area (Å²) >= 11 is 0. The molecule has 0 amide bonds. The van der Waals surface area contributed by atoms with Crippen molar-refractivity contribution in [3.05, 3.63) is 70.3 Å². The number of benzene rings is 2. The summed E-state index contributed by atoms with van der Waals surface area (Å²) in [4.78, 5) is 16.6. The zero-order chi connectivity index (χ0) is 16.5. The van der Waals surface area contributed by atoms with Gasteiger partial charge in [0.2, 0.25) is 0 Å². The fourth-order valence-corrected chi connectivity index (χ4v) is 3.20. The number of para-hydroxylation sites is 1. The van der Waals surface area contributed by atoms with Gasteiger partial charge in [-0.2, -0.15) is 4.98 Å². The molecular weight excluding hydrogens is 300 g/mol. The molecule has 1 aliphatic heterocycles. The van der Waals surface area contributed by atoms with Crippen LogP contribution in [0.3, 0.4) is 0 Å². The lowest BCUT2D eigenvalue weighted by Gasteiger charge is -2.07. The molecule has 0 saturated heterocycles. The molecule has 1 aliphatic rings. The first-order valence-electron chi connectivity index (χ1n) is 8.19. The number of aryl methyl sites for hydroxylation is 1. The average molecular weight is 318 g/mol. The number of hydrogen-bond donors (Lipinski definition) is 0. The lowest BCUT2D eigenvalue weighted by atomic mass is 10.1. The van der Waals surface area contributed by atoms with Gasteiger partial charge in [0.15, 0.2) is 0 Å². The fourth-order valence-electron chi connectivity index (χ4n) is 3.20. The molecule has 0 spiro atoms. The maximum Gasteiger partial charge on any atom is 0.281 e. The highest BCUT2D eigenvalue weighted by Gasteiger charge is 2.20. The first-order valence-corrected chi connectivity index (χ1v) is 8.19. The van der Waals surface area contributed by atoms with E-state index >= 15 is 0 Å². The van der Waals surface area contributed by atoms with Gasteiger partial charge >= 0.3 is 0 Å². The van der Waals surface area contributed by atoms with Gasteiger partial charge in [0.1, 0.15) is 11.6 Å². The molecule has 2 aromatic carbocycles. The van der Waals surface area contributed by atoms with Crippen molar-refractivity contribution in [2.75, 3.05) is 6.61 Å². The summed E-state index contributed by atoms with van der Waals surface area (Å²) in [7, 11) is 0. The van der Waals surface area contributed by atoms with Crippen LogP contribution in [0.4, 0.5) is 0 Å². The summed E-state index contributed by atoms with van der Waals surface area (Å²) in [6.07, 6.45) is 2.99. The Hall–Kier alpha value is -2.88. The van der Waals surface area contributed by atoms with Gasteiger partial charge in [0, 0.05) is 6.54 Å². The van der Waals surface area contributed by atoms with Crippen molar-refractivity contribution >= 4 is 22.6 Å². The predicted octanol–water partition coefficient (Wildman–Crippen LogP) is 3.74. The normalized spacial score (nSPS) is 15.0. The molecule has 0 unspecified atom stereocenters. The molecule has 0 aliphatic carbocycles. The molecule has 1 aromatic heterocycles. The second kappa shape index (κ2) is 5.96. The molecule has 0 N–H and O–H groups in total. The van der Waals surface area contributed by atoms with Crippen molar-refractivity contribution in [1.82, 2.24) is 9.55 Å². The summed E-state index contributed by atoms with van der Waals surface area (Å²) in [6.45, 7) is 3.48. The maximum atomic E-state index is 12.3. The molecule has 4 heteroatoms. The van der Waals surface area contributed by atoms with E-state index in [0.717, 1.165) is 41.2 Å². The Kier molecular flexibility index (Phi) is 3.65. The van der Waals surface area contributed by atoms with Crippen LogP contribution >= 0.6 is 0 Å². The number of allylic oxidation sites excluding steroid dienone is 1. The number of hydrogen-bond acceptors (Lipinski definition) is 3. The first-order chi connectivity index (χ1) is 11.8. The van der Waals surface area contributed by atoms with Gasteiger partial charge in [0.25, 0.3) is 5.56 Å². The van der Waals surface area contributed by atoms with Crippen LogP contribution in [-0.2, 0) is 6.54 Å². The van der Waals surface area contributed by atoms with Crippen LogP contribution in [0.2, 0.25) is 0 Å². The lowest BCUT2D eigenvalue weighted by Crippen LogP contribution is -2.14. The van der Waals surface area contributed by atoms with Crippen LogP contribution < -0.4 is 10.3 Å². The third kappa shape index (κ3) is 2.50. The highest BCUT2D eigenvalue weighted by Crippen LogP contribution is 2.29. The van der Waals surface area contributed by atoms with Crippen molar-refractivity contribution < 1.29 is 4.74 Å². The Labute approximate surface area is 140 Å². The monoisotopic (exact) mass is 318 g/mol. The molecule has 0 saturated carbocycles. The quantitative estimate of drug-likeness (QED) is 0.739. The van der Waals surface area contributed by atoms with Gasteiger partial charge in [0.05, 0.1) is 17.5 Å².